The molecule has 0 saturated carbocycles. The second-order valence-corrected chi connectivity index (χ2v) is 8.57. The minimum atomic E-state index is 0.647. The summed E-state index contributed by atoms with van der Waals surface area (Å²) in [6.07, 6.45) is 4.75. The topological polar surface area (TPSA) is 56.3 Å². The van der Waals surface area contributed by atoms with Crippen molar-refractivity contribution in [3.05, 3.63) is 83.8 Å². The summed E-state index contributed by atoms with van der Waals surface area (Å²) in [6.45, 7) is 2.21. The van der Waals surface area contributed by atoms with Crippen LogP contribution < -0.4 is 14.8 Å². The van der Waals surface area contributed by atoms with Gasteiger partial charge in [0.15, 0.2) is 11.5 Å². The first kappa shape index (κ1) is 21.4. The molecule has 1 aromatic heterocycles. The van der Waals surface area contributed by atoms with Crippen LogP contribution in [0.2, 0.25) is 0 Å². The van der Waals surface area contributed by atoms with E-state index >= 15 is 0 Å². The minimum absolute atomic E-state index is 0.647. The highest BCUT2D eigenvalue weighted by Crippen LogP contribution is 2.33. The predicted octanol–water partition coefficient (Wildman–Crippen LogP) is 5.37. The Morgan fingerprint density at radius 1 is 0.848 bits per heavy atom. The number of methoxy groups -OCH3 is 2. The molecule has 1 saturated heterocycles. The van der Waals surface area contributed by atoms with Gasteiger partial charge in [0.05, 0.1) is 25.4 Å². The van der Waals surface area contributed by atoms with Crippen molar-refractivity contribution in [3.8, 4) is 22.6 Å². The molecule has 168 valence electrons. The SMILES string of the molecule is COc1cc2ncnc(Cc3cccc(-c4cccc(C5CCNCC5)c4)c3)c2cc1OC. The smallest absolute Gasteiger partial charge is 0.162 e. The number of fused-ring (bicyclic) bond motifs is 1. The molecule has 1 aliphatic rings. The zero-order valence-electron chi connectivity index (χ0n) is 19.2. The summed E-state index contributed by atoms with van der Waals surface area (Å²) < 4.78 is 10.9. The van der Waals surface area contributed by atoms with E-state index in [1.807, 2.05) is 12.1 Å². The second-order valence-electron chi connectivity index (χ2n) is 8.57. The first-order valence-electron chi connectivity index (χ1n) is 11.5. The Morgan fingerprint density at radius 3 is 2.36 bits per heavy atom. The quantitative estimate of drug-likeness (QED) is 0.438. The summed E-state index contributed by atoms with van der Waals surface area (Å²) in [5, 5.41) is 4.44. The zero-order valence-corrected chi connectivity index (χ0v) is 19.2. The van der Waals surface area contributed by atoms with Crippen LogP contribution in [0.15, 0.2) is 67.0 Å². The van der Waals surface area contributed by atoms with E-state index in [0.29, 0.717) is 17.4 Å². The number of aromatic nitrogens is 2. The number of nitrogens with one attached hydrogen (secondary N) is 1. The molecule has 2 heterocycles. The zero-order chi connectivity index (χ0) is 22.6. The Balaban J connectivity index is 1.45. The van der Waals surface area contributed by atoms with Crippen LogP contribution in [-0.4, -0.2) is 37.3 Å². The van der Waals surface area contributed by atoms with Crippen LogP contribution in [0.4, 0.5) is 0 Å². The van der Waals surface area contributed by atoms with Gasteiger partial charge in [0, 0.05) is 17.9 Å². The maximum absolute atomic E-state index is 5.50. The van der Waals surface area contributed by atoms with Gasteiger partial charge in [-0.15, -0.1) is 0 Å². The van der Waals surface area contributed by atoms with Crippen molar-refractivity contribution in [3.63, 3.8) is 0 Å². The van der Waals surface area contributed by atoms with Gasteiger partial charge >= 0.3 is 0 Å². The number of benzene rings is 3. The Morgan fingerprint density at radius 2 is 1.58 bits per heavy atom. The molecular weight excluding hydrogens is 410 g/mol. The lowest BCUT2D eigenvalue weighted by Gasteiger charge is -2.23. The van der Waals surface area contributed by atoms with Crippen LogP contribution in [-0.2, 0) is 6.42 Å². The third kappa shape index (κ3) is 4.55. The van der Waals surface area contributed by atoms with Gasteiger partial charge in [-0.1, -0.05) is 48.5 Å². The molecule has 1 fully saturated rings. The van der Waals surface area contributed by atoms with Crippen LogP contribution in [0.5, 0.6) is 11.5 Å². The van der Waals surface area contributed by atoms with Gasteiger partial charge < -0.3 is 14.8 Å². The number of hydrogen-bond acceptors (Lipinski definition) is 5. The highest BCUT2D eigenvalue weighted by atomic mass is 16.5. The largest absolute Gasteiger partial charge is 0.493 e. The molecule has 0 aliphatic carbocycles. The van der Waals surface area contributed by atoms with Crippen LogP contribution in [0.1, 0.15) is 35.6 Å². The Bertz CT molecular complexity index is 1270. The van der Waals surface area contributed by atoms with Crippen LogP contribution in [0.25, 0.3) is 22.0 Å². The van der Waals surface area contributed by atoms with Gasteiger partial charge in [0.25, 0.3) is 0 Å². The molecule has 0 bridgehead atoms. The van der Waals surface area contributed by atoms with E-state index in [1.54, 1.807) is 20.5 Å². The normalized spacial score (nSPS) is 14.4. The lowest BCUT2D eigenvalue weighted by atomic mass is 9.88. The van der Waals surface area contributed by atoms with Crippen molar-refractivity contribution in [2.45, 2.75) is 25.2 Å². The predicted molar refractivity (Wildman–Crippen MR) is 132 cm³/mol. The Labute approximate surface area is 194 Å². The highest BCUT2D eigenvalue weighted by molar-refractivity contribution is 5.85. The Kier molecular flexibility index (Phi) is 6.22. The number of hydrogen-bond donors (Lipinski definition) is 1. The van der Waals surface area contributed by atoms with Crippen molar-refractivity contribution in [2.75, 3.05) is 27.3 Å². The van der Waals surface area contributed by atoms with Gasteiger partial charge in [0.1, 0.15) is 6.33 Å². The van der Waals surface area contributed by atoms with Crippen LogP contribution >= 0.6 is 0 Å². The van der Waals surface area contributed by atoms with Gasteiger partial charge in [-0.05, 0) is 60.2 Å². The summed E-state index contributed by atoms with van der Waals surface area (Å²) in [4.78, 5) is 9.03. The van der Waals surface area contributed by atoms with Crippen LogP contribution in [0.3, 0.4) is 0 Å². The summed E-state index contributed by atoms with van der Waals surface area (Å²) in [7, 11) is 3.28. The summed E-state index contributed by atoms with van der Waals surface area (Å²) in [5.74, 6) is 2.00. The fourth-order valence-electron chi connectivity index (χ4n) is 4.76. The molecule has 0 atom stereocenters. The molecule has 5 rings (SSSR count). The van der Waals surface area contributed by atoms with E-state index in [-0.39, 0.29) is 0 Å². The third-order valence-electron chi connectivity index (χ3n) is 6.55. The van der Waals surface area contributed by atoms with Crippen molar-refractivity contribution in [1.29, 1.82) is 0 Å². The highest BCUT2D eigenvalue weighted by Gasteiger charge is 2.16. The number of ether oxygens (including phenoxy) is 2. The lowest BCUT2D eigenvalue weighted by molar-refractivity contribution is 0.355. The molecule has 0 unspecified atom stereocenters. The molecule has 3 aromatic carbocycles. The van der Waals surface area contributed by atoms with E-state index in [2.05, 4.69) is 63.8 Å². The average Bonchev–Trinajstić information content (AvgIpc) is 2.89. The molecule has 5 heteroatoms. The summed E-state index contributed by atoms with van der Waals surface area (Å²) in [5.41, 5.74) is 6.99. The van der Waals surface area contributed by atoms with Crippen LogP contribution in [0, 0.1) is 0 Å². The van der Waals surface area contributed by atoms with Gasteiger partial charge in [-0.2, -0.15) is 0 Å². The third-order valence-corrected chi connectivity index (χ3v) is 6.55. The summed E-state index contributed by atoms with van der Waals surface area (Å²) in [6, 6.07) is 21.7. The van der Waals surface area contributed by atoms with E-state index in [0.717, 1.165) is 36.1 Å². The van der Waals surface area contributed by atoms with Crippen molar-refractivity contribution in [2.24, 2.45) is 0 Å². The van der Waals surface area contributed by atoms with Gasteiger partial charge in [0.2, 0.25) is 0 Å². The standard InChI is InChI=1S/C28H29N3O2/c1-32-27-16-24-25(30-18-31-26(24)17-28(27)33-2)14-19-5-3-6-21(13-19)23-8-4-7-22(15-23)20-9-11-29-12-10-20/h3-8,13,15-18,20,29H,9-12,14H2,1-2H3. The van der Waals surface area contributed by atoms with E-state index in [9.17, 15) is 0 Å². The molecular formula is C28H29N3O2. The maximum Gasteiger partial charge on any atom is 0.162 e. The van der Waals surface area contributed by atoms with E-state index < -0.39 is 0 Å². The molecule has 4 aromatic rings. The van der Waals surface area contributed by atoms with Crippen molar-refractivity contribution in [1.82, 2.24) is 15.3 Å². The number of rotatable bonds is 6. The maximum atomic E-state index is 5.50. The second kappa shape index (κ2) is 9.59. The van der Waals surface area contributed by atoms with E-state index in [4.69, 9.17) is 9.47 Å². The first-order chi connectivity index (χ1) is 16.2. The first-order valence-corrected chi connectivity index (χ1v) is 11.5. The molecule has 33 heavy (non-hydrogen) atoms. The molecule has 1 N–H and O–H groups in total. The molecule has 0 amide bonds. The van der Waals surface area contributed by atoms with Crippen molar-refractivity contribution < 1.29 is 9.47 Å². The fraction of sp³-hybridized carbons (Fsp3) is 0.286. The lowest BCUT2D eigenvalue weighted by Crippen LogP contribution is -2.26. The van der Waals surface area contributed by atoms with Crippen molar-refractivity contribution >= 4 is 10.9 Å². The van der Waals surface area contributed by atoms with Gasteiger partial charge in [-0.3, -0.25) is 0 Å². The molecule has 0 radical (unpaired) electrons. The molecule has 0 spiro atoms. The number of nitrogens with zero attached hydrogens (tertiary/aromatic N) is 2. The van der Waals surface area contributed by atoms with Gasteiger partial charge in [-0.25, -0.2) is 9.97 Å². The molecule has 1 aliphatic heterocycles. The molecule has 5 nitrogen and oxygen atoms in total. The monoisotopic (exact) mass is 439 g/mol. The fourth-order valence-corrected chi connectivity index (χ4v) is 4.76. The average molecular weight is 440 g/mol. The summed E-state index contributed by atoms with van der Waals surface area (Å²) >= 11 is 0. The number of piperidine rings is 1. The minimum Gasteiger partial charge on any atom is -0.493 e. The van der Waals surface area contributed by atoms with E-state index in [1.165, 1.54) is 35.1 Å². The Hall–Kier alpha value is -3.44.